The molecule has 0 saturated carbocycles. The van der Waals surface area contributed by atoms with Crippen molar-refractivity contribution in [2.75, 3.05) is 5.73 Å². The number of nitrogens with two attached hydrogens (primary N) is 1. The Morgan fingerprint density at radius 2 is 1.77 bits per heavy atom. The van der Waals surface area contributed by atoms with Gasteiger partial charge >= 0.3 is 0 Å². The van der Waals surface area contributed by atoms with Gasteiger partial charge in [0.1, 0.15) is 5.75 Å². The first kappa shape index (κ1) is 7.92. The second-order valence-electron chi connectivity index (χ2n) is 3.17. The highest BCUT2D eigenvalue weighted by Crippen LogP contribution is 2.31. The molecular weight excluding hydrogens is 162 g/mol. The number of hydrogen-bond acceptors (Lipinski definition) is 2. The number of nitrogen functional groups attached to an aromatic ring is 1. The number of aryl methyl sites for hydroxylation is 1. The van der Waals surface area contributed by atoms with E-state index in [1.54, 1.807) is 6.07 Å². The maximum absolute atomic E-state index is 9.62. The lowest BCUT2D eigenvalue weighted by Crippen LogP contribution is -1.91. The molecule has 2 nitrogen and oxygen atoms in total. The Bertz CT molecular complexity index is 463. The van der Waals surface area contributed by atoms with Gasteiger partial charge in [-0.1, -0.05) is 24.3 Å². The quantitative estimate of drug-likeness (QED) is 0.474. The van der Waals surface area contributed by atoms with Gasteiger partial charge in [-0.15, -0.1) is 0 Å². The standard InChI is InChI=1S/C11H11NO/c1-7-6-10(13)8-4-2-3-5-9(8)11(7)12/h2-6,13H,12H2,1H3. The molecule has 0 bridgehead atoms. The molecule has 13 heavy (non-hydrogen) atoms. The third kappa shape index (κ3) is 1.11. The molecular formula is C11H11NO. The van der Waals surface area contributed by atoms with Crippen LogP contribution in [0, 0.1) is 6.92 Å². The Morgan fingerprint density at radius 3 is 2.46 bits per heavy atom. The van der Waals surface area contributed by atoms with Gasteiger partial charge in [-0.3, -0.25) is 0 Å². The second-order valence-corrected chi connectivity index (χ2v) is 3.17. The van der Waals surface area contributed by atoms with Crippen molar-refractivity contribution in [2.45, 2.75) is 6.92 Å². The van der Waals surface area contributed by atoms with E-state index in [0.29, 0.717) is 5.75 Å². The van der Waals surface area contributed by atoms with Gasteiger partial charge in [-0.2, -0.15) is 0 Å². The summed E-state index contributed by atoms with van der Waals surface area (Å²) in [6, 6.07) is 9.27. The number of aromatic hydroxyl groups is 1. The zero-order valence-corrected chi connectivity index (χ0v) is 7.41. The molecule has 2 aromatic rings. The summed E-state index contributed by atoms with van der Waals surface area (Å²) in [5, 5.41) is 11.3. The summed E-state index contributed by atoms with van der Waals surface area (Å²) in [5.41, 5.74) is 7.53. The first-order valence-electron chi connectivity index (χ1n) is 4.17. The van der Waals surface area contributed by atoms with Crippen LogP contribution in [0.1, 0.15) is 5.56 Å². The minimum absolute atomic E-state index is 0.294. The fraction of sp³-hybridized carbons (Fsp3) is 0.0909. The van der Waals surface area contributed by atoms with E-state index in [0.717, 1.165) is 22.0 Å². The van der Waals surface area contributed by atoms with Crippen molar-refractivity contribution in [2.24, 2.45) is 0 Å². The highest BCUT2D eigenvalue weighted by Gasteiger charge is 2.04. The first-order valence-corrected chi connectivity index (χ1v) is 4.17. The van der Waals surface area contributed by atoms with Gasteiger partial charge in [-0.05, 0) is 18.6 Å². The van der Waals surface area contributed by atoms with Crippen molar-refractivity contribution in [1.82, 2.24) is 0 Å². The Hall–Kier alpha value is -1.70. The molecule has 0 unspecified atom stereocenters. The first-order chi connectivity index (χ1) is 6.20. The van der Waals surface area contributed by atoms with Crippen LogP contribution in [-0.2, 0) is 0 Å². The lowest BCUT2D eigenvalue weighted by atomic mass is 10.0. The summed E-state index contributed by atoms with van der Waals surface area (Å²) in [6.07, 6.45) is 0. The highest BCUT2D eigenvalue weighted by molar-refractivity contribution is 5.98. The van der Waals surface area contributed by atoms with E-state index in [2.05, 4.69) is 0 Å². The largest absolute Gasteiger partial charge is 0.507 e. The summed E-state index contributed by atoms with van der Waals surface area (Å²) >= 11 is 0. The van der Waals surface area contributed by atoms with Crippen LogP contribution in [0.3, 0.4) is 0 Å². The molecule has 2 heteroatoms. The molecule has 0 aliphatic heterocycles. The smallest absolute Gasteiger partial charge is 0.123 e. The van der Waals surface area contributed by atoms with E-state index in [4.69, 9.17) is 5.73 Å². The molecule has 66 valence electrons. The fourth-order valence-electron chi connectivity index (χ4n) is 1.51. The molecule has 0 aromatic heterocycles. The highest BCUT2D eigenvalue weighted by atomic mass is 16.3. The molecule has 2 aromatic carbocycles. The second kappa shape index (κ2) is 2.66. The minimum Gasteiger partial charge on any atom is -0.507 e. The summed E-state index contributed by atoms with van der Waals surface area (Å²) < 4.78 is 0. The molecule has 0 aliphatic carbocycles. The van der Waals surface area contributed by atoms with Crippen LogP contribution in [0.25, 0.3) is 10.8 Å². The Balaban J connectivity index is 2.97. The number of phenols is 1. The van der Waals surface area contributed by atoms with E-state index >= 15 is 0 Å². The monoisotopic (exact) mass is 173 g/mol. The van der Waals surface area contributed by atoms with Crippen LogP contribution in [0.15, 0.2) is 30.3 Å². The van der Waals surface area contributed by atoms with Gasteiger partial charge in [0.2, 0.25) is 0 Å². The molecule has 0 atom stereocenters. The van der Waals surface area contributed by atoms with Gasteiger partial charge in [0.05, 0.1) is 0 Å². The van der Waals surface area contributed by atoms with Gasteiger partial charge in [0.25, 0.3) is 0 Å². The Kier molecular flexibility index (Phi) is 1.62. The zero-order chi connectivity index (χ0) is 9.42. The predicted octanol–water partition coefficient (Wildman–Crippen LogP) is 2.44. The zero-order valence-electron chi connectivity index (χ0n) is 7.41. The van der Waals surface area contributed by atoms with Crippen molar-refractivity contribution in [3.05, 3.63) is 35.9 Å². The van der Waals surface area contributed by atoms with Crippen LogP contribution in [-0.4, -0.2) is 5.11 Å². The number of rotatable bonds is 0. The summed E-state index contributed by atoms with van der Waals surface area (Å²) in [4.78, 5) is 0. The van der Waals surface area contributed by atoms with E-state index in [-0.39, 0.29) is 0 Å². The van der Waals surface area contributed by atoms with Crippen molar-refractivity contribution >= 4 is 16.5 Å². The van der Waals surface area contributed by atoms with Crippen molar-refractivity contribution < 1.29 is 5.11 Å². The molecule has 0 radical (unpaired) electrons. The van der Waals surface area contributed by atoms with Crippen molar-refractivity contribution in [3.8, 4) is 5.75 Å². The summed E-state index contributed by atoms with van der Waals surface area (Å²) in [6.45, 7) is 1.89. The average molecular weight is 173 g/mol. The fourth-order valence-corrected chi connectivity index (χ4v) is 1.51. The molecule has 0 amide bonds. The van der Waals surface area contributed by atoms with Crippen molar-refractivity contribution in [3.63, 3.8) is 0 Å². The molecule has 2 rings (SSSR count). The van der Waals surface area contributed by atoms with Crippen LogP contribution >= 0.6 is 0 Å². The lowest BCUT2D eigenvalue weighted by molar-refractivity contribution is 0.481. The maximum atomic E-state index is 9.62. The van der Waals surface area contributed by atoms with Crippen molar-refractivity contribution in [1.29, 1.82) is 0 Å². The number of hydrogen-bond donors (Lipinski definition) is 2. The van der Waals surface area contributed by atoms with Crippen LogP contribution in [0.4, 0.5) is 5.69 Å². The Labute approximate surface area is 76.6 Å². The normalized spacial score (nSPS) is 10.5. The topological polar surface area (TPSA) is 46.2 Å². The van der Waals surface area contributed by atoms with Crippen LogP contribution in [0.2, 0.25) is 0 Å². The molecule has 3 N–H and O–H groups in total. The summed E-state index contributed by atoms with van der Waals surface area (Å²) in [7, 11) is 0. The third-order valence-electron chi connectivity index (χ3n) is 2.27. The third-order valence-corrected chi connectivity index (χ3v) is 2.27. The molecule has 0 fully saturated rings. The average Bonchev–Trinajstić information content (AvgIpc) is 2.15. The van der Waals surface area contributed by atoms with E-state index in [1.165, 1.54) is 0 Å². The van der Waals surface area contributed by atoms with Gasteiger partial charge in [0.15, 0.2) is 0 Å². The van der Waals surface area contributed by atoms with Gasteiger partial charge in [0, 0.05) is 16.5 Å². The van der Waals surface area contributed by atoms with E-state index < -0.39 is 0 Å². The Morgan fingerprint density at radius 1 is 1.15 bits per heavy atom. The van der Waals surface area contributed by atoms with Crippen LogP contribution in [0.5, 0.6) is 5.75 Å². The number of fused-ring (bicyclic) bond motifs is 1. The number of anilines is 1. The predicted molar refractivity (Wildman–Crippen MR) is 54.8 cm³/mol. The molecule has 0 heterocycles. The van der Waals surface area contributed by atoms with Crippen LogP contribution < -0.4 is 5.73 Å². The minimum atomic E-state index is 0.294. The summed E-state index contributed by atoms with van der Waals surface area (Å²) in [5.74, 6) is 0.294. The van der Waals surface area contributed by atoms with E-state index in [1.807, 2.05) is 31.2 Å². The number of benzene rings is 2. The maximum Gasteiger partial charge on any atom is 0.123 e. The lowest BCUT2D eigenvalue weighted by Gasteiger charge is -2.06. The molecule has 0 saturated heterocycles. The van der Waals surface area contributed by atoms with Gasteiger partial charge < -0.3 is 10.8 Å². The van der Waals surface area contributed by atoms with E-state index in [9.17, 15) is 5.11 Å². The number of phenolic OH excluding ortho intramolecular Hbond substituents is 1. The molecule has 0 aliphatic rings. The van der Waals surface area contributed by atoms with Gasteiger partial charge in [-0.25, -0.2) is 0 Å². The molecule has 0 spiro atoms. The SMILES string of the molecule is Cc1cc(O)c2ccccc2c1N.